The molecule has 1 saturated heterocycles. The van der Waals surface area contributed by atoms with Gasteiger partial charge in [0.25, 0.3) is 0 Å². The second-order valence-electron chi connectivity index (χ2n) is 11.2. The van der Waals surface area contributed by atoms with Crippen molar-refractivity contribution in [1.29, 1.82) is 0 Å². The number of hydrogen-bond acceptors (Lipinski definition) is 5. The van der Waals surface area contributed by atoms with Gasteiger partial charge in [-0.05, 0) is 94.9 Å². The van der Waals surface area contributed by atoms with Crippen LogP contribution in [0, 0.1) is 5.92 Å². The average Bonchev–Trinajstić information content (AvgIpc) is 3.43. The van der Waals surface area contributed by atoms with Crippen molar-refractivity contribution in [3.63, 3.8) is 0 Å². The van der Waals surface area contributed by atoms with Gasteiger partial charge in [-0.15, -0.1) is 0 Å². The highest BCUT2D eigenvalue weighted by molar-refractivity contribution is 8.00. The molecule has 2 aliphatic carbocycles. The fourth-order valence-corrected chi connectivity index (χ4v) is 8.43. The van der Waals surface area contributed by atoms with Gasteiger partial charge in [-0.1, -0.05) is 31.4 Å². The summed E-state index contributed by atoms with van der Waals surface area (Å²) in [5.41, 5.74) is 1.16. The van der Waals surface area contributed by atoms with E-state index < -0.39 is 21.8 Å². The fraction of sp³-hybridized carbons (Fsp3) is 0.667. The predicted octanol–water partition coefficient (Wildman–Crippen LogP) is 3.76. The molecule has 4 rings (SSSR count). The van der Waals surface area contributed by atoms with Crippen LogP contribution in [0.25, 0.3) is 0 Å². The molecule has 39 heavy (non-hydrogen) atoms. The number of methoxy groups -OCH3 is 1. The fourth-order valence-electron chi connectivity index (χ4n) is 6.18. The minimum absolute atomic E-state index is 0.102. The molecular formula is C30H45N3O5S. The first-order valence-electron chi connectivity index (χ1n) is 14.7. The van der Waals surface area contributed by atoms with Crippen LogP contribution < -0.4 is 10.0 Å². The number of esters is 1. The Hall–Kier alpha value is -2.39. The summed E-state index contributed by atoms with van der Waals surface area (Å²) in [6, 6.07) is 6.88. The zero-order valence-electron chi connectivity index (χ0n) is 23.5. The molecule has 2 saturated carbocycles. The predicted molar refractivity (Wildman–Crippen MR) is 154 cm³/mol. The molecule has 0 aromatic heterocycles. The monoisotopic (exact) mass is 559 g/mol. The largest absolute Gasteiger partial charge is 0.467 e. The first-order valence-corrected chi connectivity index (χ1v) is 16.3. The highest BCUT2D eigenvalue weighted by Crippen LogP contribution is 2.30. The number of aryl methyl sites for hydroxylation is 1. The normalized spacial score (nSPS) is 22.1. The van der Waals surface area contributed by atoms with E-state index in [1.807, 2.05) is 24.3 Å². The lowest BCUT2D eigenvalue weighted by Crippen LogP contribution is -2.55. The number of carbonyl (C=O) groups is 3. The molecule has 1 aliphatic heterocycles. The molecule has 3 unspecified atom stereocenters. The highest BCUT2D eigenvalue weighted by atomic mass is 32.2. The summed E-state index contributed by atoms with van der Waals surface area (Å²) < 4.78 is 21.3. The number of ether oxygens (including phenoxy) is 1. The third kappa shape index (κ3) is 7.04. The van der Waals surface area contributed by atoms with E-state index >= 15 is 0 Å². The molecule has 3 fully saturated rings. The molecule has 2 amide bonds. The maximum absolute atomic E-state index is 13.6. The van der Waals surface area contributed by atoms with Gasteiger partial charge in [-0.25, -0.2) is 13.7 Å². The minimum atomic E-state index is -2.29. The second-order valence-corrected chi connectivity index (χ2v) is 13.7. The highest BCUT2D eigenvalue weighted by Gasteiger charge is 2.41. The average molecular weight is 560 g/mol. The lowest BCUT2D eigenvalue weighted by atomic mass is 9.83. The molecule has 2 N–H and O–H groups in total. The Balaban J connectivity index is 1.30. The molecule has 3 atom stereocenters. The van der Waals surface area contributed by atoms with E-state index in [4.69, 9.17) is 4.74 Å². The van der Waals surface area contributed by atoms with Crippen LogP contribution in [0.3, 0.4) is 0 Å². The number of nitrogens with one attached hydrogen (secondary N) is 2. The Morgan fingerprint density at radius 2 is 1.72 bits per heavy atom. The Labute approximate surface area is 233 Å². The van der Waals surface area contributed by atoms with Crippen LogP contribution in [-0.2, 0) is 35.2 Å². The van der Waals surface area contributed by atoms with Gasteiger partial charge < -0.3 is 15.0 Å². The van der Waals surface area contributed by atoms with E-state index in [1.54, 1.807) is 11.9 Å². The van der Waals surface area contributed by atoms with Crippen LogP contribution >= 0.6 is 0 Å². The van der Waals surface area contributed by atoms with Crippen molar-refractivity contribution in [2.24, 2.45) is 5.92 Å². The number of benzene rings is 1. The standard InChI is InChI=1S/C30H45N3O5S/c1-31-39(37,24-13-8-14-24)25-19-17-22(18-20-25)10-6-7-16-27(34)32-28(23-11-4-3-5-12-23)29(35)33-21-9-15-26(33)30(36)38-2/h17-20,23,26,28H,3-16,21H2,1-2H3,(H,31,37)(H,32,34). The number of unbranched alkanes of at least 4 members (excludes halogenated alkanes) is 1. The number of likely N-dealkylation sites (tertiary alicyclic amines) is 1. The van der Waals surface area contributed by atoms with E-state index in [1.165, 1.54) is 7.11 Å². The summed E-state index contributed by atoms with van der Waals surface area (Å²) in [4.78, 5) is 42.4. The summed E-state index contributed by atoms with van der Waals surface area (Å²) in [6.07, 6.45) is 12.2. The number of nitrogens with zero attached hydrogens (tertiary/aromatic N) is 1. The van der Waals surface area contributed by atoms with Crippen molar-refractivity contribution in [3.05, 3.63) is 29.8 Å². The number of hydrogen-bond donors (Lipinski definition) is 2. The van der Waals surface area contributed by atoms with Crippen molar-refractivity contribution in [2.75, 3.05) is 20.7 Å². The Morgan fingerprint density at radius 1 is 1.00 bits per heavy atom. The molecule has 1 aromatic rings. The molecule has 0 radical (unpaired) electrons. The number of rotatable bonds is 11. The van der Waals surface area contributed by atoms with Crippen LogP contribution in [0.4, 0.5) is 0 Å². The molecule has 0 spiro atoms. The van der Waals surface area contributed by atoms with E-state index in [2.05, 4.69) is 10.0 Å². The third-order valence-electron chi connectivity index (χ3n) is 8.69. The molecule has 9 heteroatoms. The van der Waals surface area contributed by atoms with Crippen molar-refractivity contribution < 1.29 is 23.3 Å². The van der Waals surface area contributed by atoms with Crippen LogP contribution in [-0.4, -0.2) is 64.5 Å². The SMILES string of the molecule is CNS(=O)(=C1CCC1)c1ccc(CCCCC(=O)NC(C(=O)N2CCCC2C(=O)OC)C2CCCCC2)cc1. The zero-order chi connectivity index (χ0) is 27.8. The Kier molecular flexibility index (Phi) is 10.5. The van der Waals surface area contributed by atoms with Crippen molar-refractivity contribution >= 4 is 32.4 Å². The summed E-state index contributed by atoms with van der Waals surface area (Å²) in [6.45, 7) is 0.527. The van der Waals surface area contributed by atoms with Crippen LogP contribution in [0.5, 0.6) is 0 Å². The second kappa shape index (κ2) is 13.8. The quantitative estimate of drug-likeness (QED) is 0.244. The first-order chi connectivity index (χ1) is 18.9. The lowest BCUT2D eigenvalue weighted by molar-refractivity contribution is -0.152. The minimum Gasteiger partial charge on any atom is -0.467 e. The third-order valence-corrected chi connectivity index (χ3v) is 11.4. The topological polar surface area (TPSA) is 105 Å². The molecular weight excluding hydrogens is 514 g/mol. The zero-order valence-corrected chi connectivity index (χ0v) is 24.4. The van der Waals surface area contributed by atoms with E-state index in [-0.39, 0.29) is 23.7 Å². The Bertz CT molecular complexity index is 1130. The van der Waals surface area contributed by atoms with Crippen molar-refractivity contribution in [2.45, 2.75) is 107 Å². The maximum Gasteiger partial charge on any atom is 0.328 e. The Morgan fingerprint density at radius 3 is 2.33 bits per heavy atom. The van der Waals surface area contributed by atoms with Gasteiger partial charge in [0.1, 0.15) is 12.1 Å². The molecule has 1 heterocycles. The number of amides is 2. The molecule has 1 aromatic carbocycles. The lowest BCUT2D eigenvalue weighted by Gasteiger charge is -2.34. The first kappa shape index (κ1) is 29.6. The number of carbonyl (C=O) groups excluding carboxylic acids is 3. The van der Waals surface area contributed by atoms with Crippen molar-refractivity contribution in [1.82, 2.24) is 14.9 Å². The van der Waals surface area contributed by atoms with Gasteiger partial charge in [0.15, 0.2) is 0 Å². The smallest absolute Gasteiger partial charge is 0.328 e. The van der Waals surface area contributed by atoms with Gasteiger partial charge >= 0.3 is 5.97 Å². The van der Waals surface area contributed by atoms with Gasteiger partial charge in [0.2, 0.25) is 11.8 Å². The van der Waals surface area contributed by atoms with Gasteiger partial charge in [0, 0.05) is 22.7 Å². The summed E-state index contributed by atoms with van der Waals surface area (Å²) in [5, 5.41) is 3.07. The van der Waals surface area contributed by atoms with Gasteiger partial charge in [-0.2, -0.15) is 0 Å². The van der Waals surface area contributed by atoms with Gasteiger partial charge in [0.05, 0.1) is 16.8 Å². The summed E-state index contributed by atoms with van der Waals surface area (Å²) >= 11 is 0. The van der Waals surface area contributed by atoms with Crippen LogP contribution in [0.2, 0.25) is 0 Å². The molecule has 3 aliphatic rings. The van der Waals surface area contributed by atoms with Gasteiger partial charge in [-0.3, -0.25) is 9.59 Å². The van der Waals surface area contributed by atoms with Crippen molar-refractivity contribution in [3.8, 4) is 0 Å². The van der Waals surface area contributed by atoms with E-state index in [9.17, 15) is 18.6 Å². The molecule has 216 valence electrons. The van der Waals surface area contributed by atoms with E-state index in [0.717, 1.165) is 92.4 Å². The van der Waals surface area contributed by atoms with E-state index in [0.29, 0.717) is 19.4 Å². The molecule has 8 nitrogen and oxygen atoms in total. The maximum atomic E-state index is 13.6. The summed E-state index contributed by atoms with van der Waals surface area (Å²) in [7, 11) is 0.832. The molecule has 0 bridgehead atoms. The van der Waals surface area contributed by atoms with Crippen LogP contribution in [0.15, 0.2) is 29.2 Å². The van der Waals surface area contributed by atoms with Crippen LogP contribution in [0.1, 0.15) is 89.0 Å². The summed E-state index contributed by atoms with van der Waals surface area (Å²) in [5.74, 6) is -0.507.